The molecule has 0 fully saturated rings. The molecule has 0 saturated heterocycles. The highest BCUT2D eigenvalue weighted by molar-refractivity contribution is 5.84. The summed E-state index contributed by atoms with van der Waals surface area (Å²) in [6.07, 6.45) is 11.0. The fourth-order valence-electron chi connectivity index (χ4n) is 1.51. The number of pyridine rings is 1. The molecular formula is C13H14N2O2. The Morgan fingerprint density at radius 2 is 2.41 bits per heavy atom. The van der Waals surface area contributed by atoms with Gasteiger partial charge < -0.3 is 4.74 Å². The first-order valence-electron chi connectivity index (χ1n) is 5.54. The third kappa shape index (κ3) is 3.75. The number of allylic oxidation sites excluding steroid dienone is 2. The van der Waals surface area contributed by atoms with Crippen LogP contribution in [-0.2, 0) is 4.74 Å². The fourth-order valence-corrected chi connectivity index (χ4v) is 1.51. The van der Waals surface area contributed by atoms with Crippen LogP contribution in [0, 0.1) is 0 Å². The molecule has 1 N–H and O–H groups in total. The van der Waals surface area contributed by atoms with Crippen LogP contribution in [-0.4, -0.2) is 17.7 Å². The number of anilines is 1. The minimum atomic E-state index is -0.460. The molecule has 0 atom stereocenters. The van der Waals surface area contributed by atoms with Gasteiger partial charge in [0, 0.05) is 6.20 Å². The third-order valence-electron chi connectivity index (χ3n) is 2.35. The van der Waals surface area contributed by atoms with Gasteiger partial charge in [-0.2, -0.15) is 0 Å². The Bertz CT molecular complexity index is 438. The molecule has 0 radical (unpaired) electrons. The van der Waals surface area contributed by atoms with E-state index in [1.807, 2.05) is 6.08 Å². The molecule has 1 amide bonds. The van der Waals surface area contributed by atoms with E-state index in [0.29, 0.717) is 12.3 Å². The number of carbonyl (C=O) groups is 1. The zero-order valence-electron chi connectivity index (χ0n) is 9.43. The monoisotopic (exact) mass is 230 g/mol. The lowest BCUT2D eigenvalue weighted by molar-refractivity contribution is 0.172. The summed E-state index contributed by atoms with van der Waals surface area (Å²) < 4.78 is 5.09. The topological polar surface area (TPSA) is 51.2 Å². The molecule has 0 aromatic carbocycles. The Morgan fingerprint density at radius 1 is 1.47 bits per heavy atom. The number of amides is 1. The predicted molar refractivity (Wildman–Crippen MR) is 65.7 cm³/mol. The lowest BCUT2D eigenvalue weighted by atomic mass is 10.1. The van der Waals surface area contributed by atoms with E-state index in [1.165, 1.54) is 0 Å². The van der Waals surface area contributed by atoms with E-state index in [1.54, 1.807) is 24.5 Å². The van der Waals surface area contributed by atoms with Gasteiger partial charge >= 0.3 is 6.09 Å². The molecule has 0 bridgehead atoms. The second kappa shape index (κ2) is 5.84. The molecule has 1 aliphatic rings. The van der Waals surface area contributed by atoms with Crippen molar-refractivity contribution < 1.29 is 9.53 Å². The van der Waals surface area contributed by atoms with E-state index in [4.69, 9.17) is 4.74 Å². The van der Waals surface area contributed by atoms with Crippen LogP contribution in [0.25, 0.3) is 0 Å². The number of aromatic nitrogens is 1. The number of ether oxygens (including phenoxy) is 1. The zero-order valence-corrected chi connectivity index (χ0v) is 9.43. The van der Waals surface area contributed by atoms with E-state index in [0.717, 1.165) is 18.4 Å². The predicted octanol–water partition coefficient (Wildman–Crippen LogP) is 2.91. The summed E-state index contributed by atoms with van der Waals surface area (Å²) in [5.74, 6) is 0. The summed E-state index contributed by atoms with van der Waals surface area (Å²) in [6.45, 7) is 0.308. The summed E-state index contributed by atoms with van der Waals surface area (Å²) >= 11 is 0. The van der Waals surface area contributed by atoms with Gasteiger partial charge in [-0.1, -0.05) is 18.2 Å². The van der Waals surface area contributed by atoms with Crippen LogP contribution in [0.1, 0.15) is 12.8 Å². The summed E-state index contributed by atoms with van der Waals surface area (Å²) in [5, 5.41) is 2.61. The molecule has 2 rings (SSSR count). The maximum atomic E-state index is 11.4. The van der Waals surface area contributed by atoms with Gasteiger partial charge in [-0.25, -0.2) is 4.79 Å². The average molecular weight is 230 g/mol. The maximum absolute atomic E-state index is 11.4. The standard InChI is InChI=1S/C13H14N2O2/c16-13(15-12-7-4-8-14-9-12)17-10-11-5-2-1-3-6-11/h2,4-9H,1,3,10H2,(H,15,16). The Balaban J connectivity index is 1.78. The van der Waals surface area contributed by atoms with Crippen LogP contribution < -0.4 is 5.32 Å². The first-order valence-corrected chi connectivity index (χ1v) is 5.54. The first-order chi connectivity index (χ1) is 8.34. The molecule has 1 heterocycles. The van der Waals surface area contributed by atoms with Crippen LogP contribution in [0.5, 0.6) is 0 Å². The van der Waals surface area contributed by atoms with E-state index in [-0.39, 0.29) is 0 Å². The molecule has 1 aromatic rings. The first kappa shape index (κ1) is 11.4. The zero-order chi connectivity index (χ0) is 11.9. The number of nitrogens with one attached hydrogen (secondary N) is 1. The third-order valence-corrected chi connectivity index (χ3v) is 2.35. The van der Waals surface area contributed by atoms with E-state index in [2.05, 4.69) is 22.5 Å². The highest BCUT2D eigenvalue weighted by Crippen LogP contribution is 2.10. The summed E-state index contributed by atoms with van der Waals surface area (Å²) in [7, 11) is 0. The minimum absolute atomic E-state index is 0.308. The highest BCUT2D eigenvalue weighted by atomic mass is 16.5. The van der Waals surface area contributed by atoms with Crippen molar-refractivity contribution in [1.82, 2.24) is 4.98 Å². The van der Waals surface area contributed by atoms with Crippen molar-refractivity contribution in [2.75, 3.05) is 11.9 Å². The van der Waals surface area contributed by atoms with E-state index in [9.17, 15) is 4.79 Å². The van der Waals surface area contributed by atoms with Gasteiger partial charge in [0.15, 0.2) is 0 Å². The molecule has 4 nitrogen and oxygen atoms in total. The number of hydrogen-bond donors (Lipinski definition) is 1. The van der Waals surface area contributed by atoms with Gasteiger partial charge in [-0.15, -0.1) is 0 Å². The van der Waals surface area contributed by atoms with Crippen LogP contribution in [0.4, 0.5) is 10.5 Å². The lowest BCUT2D eigenvalue weighted by Crippen LogP contribution is -2.15. The molecular weight excluding hydrogens is 216 g/mol. The second-order valence-electron chi connectivity index (χ2n) is 3.70. The Morgan fingerprint density at radius 3 is 3.12 bits per heavy atom. The molecule has 1 aliphatic carbocycles. The van der Waals surface area contributed by atoms with Gasteiger partial charge in [-0.3, -0.25) is 10.3 Å². The molecule has 1 aromatic heterocycles. The van der Waals surface area contributed by atoms with Gasteiger partial charge in [-0.05, 0) is 30.5 Å². The van der Waals surface area contributed by atoms with Crippen molar-refractivity contribution in [2.45, 2.75) is 12.8 Å². The van der Waals surface area contributed by atoms with E-state index < -0.39 is 6.09 Å². The summed E-state index contributed by atoms with van der Waals surface area (Å²) in [6, 6.07) is 3.51. The van der Waals surface area contributed by atoms with Crippen molar-refractivity contribution in [3.05, 3.63) is 48.3 Å². The SMILES string of the molecule is O=C(Nc1cccnc1)OCC1=CCCC=C1. The quantitative estimate of drug-likeness (QED) is 0.868. The number of rotatable bonds is 3. The number of hydrogen-bond acceptors (Lipinski definition) is 3. The average Bonchev–Trinajstić information content (AvgIpc) is 2.39. The molecule has 0 aliphatic heterocycles. The van der Waals surface area contributed by atoms with Gasteiger partial charge in [0.1, 0.15) is 6.61 Å². The maximum Gasteiger partial charge on any atom is 0.412 e. The molecule has 0 spiro atoms. The molecule has 0 saturated carbocycles. The minimum Gasteiger partial charge on any atom is -0.444 e. The molecule has 4 heteroatoms. The number of nitrogens with zero attached hydrogens (tertiary/aromatic N) is 1. The van der Waals surface area contributed by atoms with E-state index >= 15 is 0 Å². The molecule has 17 heavy (non-hydrogen) atoms. The van der Waals surface area contributed by atoms with Crippen LogP contribution in [0.2, 0.25) is 0 Å². The normalized spacial score (nSPS) is 14.0. The van der Waals surface area contributed by atoms with Crippen LogP contribution in [0.15, 0.2) is 48.3 Å². The molecule has 0 unspecified atom stereocenters. The second-order valence-corrected chi connectivity index (χ2v) is 3.70. The van der Waals surface area contributed by atoms with Crippen LogP contribution in [0.3, 0.4) is 0 Å². The van der Waals surface area contributed by atoms with Crippen molar-refractivity contribution >= 4 is 11.8 Å². The lowest BCUT2D eigenvalue weighted by Gasteiger charge is -2.09. The summed E-state index contributed by atoms with van der Waals surface area (Å²) in [5.41, 5.74) is 1.67. The summed E-state index contributed by atoms with van der Waals surface area (Å²) in [4.78, 5) is 15.3. The van der Waals surface area contributed by atoms with Crippen LogP contribution >= 0.6 is 0 Å². The Hall–Kier alpha value is -2.10. The Kier molecular flexibility index (Phi) is 3.91. The van der Waals surface area contributed by atoms with Crippen molar-refractivity contribution in [1.29, 1.82) is 0 Å². The van der Waals surface area contributed by atoms with Gasteiger partial charge in [0.25, 0.3) is 0 Å². The number of carbonyl (C=O) groups excluding carboxylic acids is 1. The Labute approximate surface area is 100 Å². The van der Waals surface area contributed by atoms with Gasteiger partial charge in [0.05, 0.1) is 11.9 Å². The largest absolute Gasteiger partial charge is 0.444 e. The molecule has 88 valence electrons. The van der Waals surface area contributed by atoms with Crippen molar-refractivity contribution in [3.8, 4) is 0 Å². The van der Waals surface area contributed by atoms with Crippen molar-refractivity contribution in [3.63, 3.8) is 0 Å². The smallest absolute Gasteiger partial charge is 0.412 e. The highest BCUT2D eigenvalue weighted by Gasteiger charge is 2.04. The van der Waals surface area contributed by atoms with Gasteiger partial charge in [0.2, 0.25) is 0 Å². The fraction of sp³-hybridized carbons (Fsp3) is 0.231. The van der Waals surface area contributed by atoms with Crippen molar-refractivity contribution in [2.24, 2.45) is 0 Å².